The second-order valence-corrected chi connectivity index (χ2v) is 2.56. The van der Waals surface area contributed by atoms with Crippen molar-refractivity contribution >= 4 is 11.8 Å². The summed E-state index contributed by atoms with van der Waals surface area (Å²) in [7, 11) is 0. The normalized spacial score (nSPS) is 18.4. The maximum Gasteiger partial charge on any atom is 0.0200 e. The van der Waals surface area contributed by atoms with Gasteiger partial charge in [-0.2, -0.15) is 0 Å². The second-order valence-electron chi connectivity index (χ2n) is 1.67. The smallest absolute Gasteiger partial charge is 0.0200 e. The van der Waals surface area contributed by atoms with Crippen LogP contribution in [0.4, 0.5) is 0 Å². The van der Waals surface area contributed by atoms with Crippen molar-refractivity contribution in [1.29, 1.82) is 0 Å². The van der Waals surface area contributed by atoms with Crippen LogP contribution in [-0.2, 0) is 0 Å². The Bertz CT molecular complexity index is 126. The summed E-state index contributed by atoms with van der Waals surface area (Å²) in [6, 6.07) is 0. The van der Waals surface area contributed by atoms with E-state index in [-0.39, 0.29) is 0 Å². The van der Waals surface area contributed by atoms with E-state index in [1.807, 2.05) is 6.08 Å². The third-order valence-corrected chi connectivity index (χ3v) is 1.92. The summed E-state index contributed by atoms with van der Waals surface area (Å²) < 4.78 is 0. The third-order valence-electron chi connectivity index (χ3n) is 1.04. The molecule has 1 aliphatic rings. The van der Waals surface area contributed by atoms with Crippen molar-refractivity contribution in [2.24, 2.45) is 5.73 Å². The van der Waals surface area contributed by atoms with E-state index in [4.69, 9.17) is 5.73 Å². The van der Waals surface area contributed by atoms with Gasteiger partial charge in [-0.1, -0.05) is 12.2 Å². The summed E-state index contributed by atoms with van der Waals surface area (Å²) in [5.41, 5.74) is 6.72. The minimum atomic E-state index is 0.706. The SMILES string of the molecule is NCC1=CC=CSC1. The Kier molecular flexibility index (Phi) is 2.18. The van der Waals surface area contributed by atoms with Crippen molar-refractivity contribution in [3.63, 3.8) is 0 Å². The lowest BCUT2D eigenvalue weighted by Gasteiger charge is -2.02. The van der Waals surface area contributed by atoms with Crippen LogP contribution in [0, 0.1) is 0 Å². The summed E-state index contributed by atoms with van der Waals surface area (Å²) in [5.74, 6) is 1.08. The van der Waals surface area contributed by atoms with Gasteiger partial charge in [-0.25, -0.2) is 0 Å². The average Bonchev–Trinajstić information content (AvgIpc) is 1.90. The lowest BCUT2D eigenvalue weighted by molar-refractivity contribution is 1.14. The fourth-order valence-corrected chi connectivity index (χ4v) is 1.28. The van der Waals surface area contributed by atoms with Crippen molar-refractivity contribution in [3.05, 3.63) is 23.1 Å². The van der Waals surface area contributed by atoms with E-state index in [9.17, 15) is 0 Å². The van der Waals surface area contributed by atoms with Crippen molar-refractivity contribution in [1.82, 2.24) is 0 Å². The molecule has 2 heteroatoms. The molecule has 0 atom stereocenters. The van der Waals surface area contributed by atoms with Gasteiger partial charge in [-0.3, -0.25) is 0 Å². The minimum Gasteiger partial charge on any atom is -0.327 e. The molecule has 0 unspecified atom stereocenters. The van der Waals surface area contributed by atoms with Crippen LogP contribution in [0.3, 0.4) is 0 Å². The van der Waals surface area contributed by atoms with E-state index in [2.05, 4.69) is 11.5 Å². The van der Waals surface area contributed by atoms with Crippen LogP contribution in [0.2, 0.25) is 0 Å². The van der Waals surface area contributed by atoms with Gasteiger partial charge in [0.15, 0.2) is 0 Å². The summed E-state index contributed by atoms with van der Waals surface area (Å²) in [5, 5.41) is 2.08. The highest BCUT2D eigenvalue weighted by molar-refractivity contribution is 8.02. The average molecular weight is 127 g/mol. The van der Waals surface area contributed by atoms with Crippen LogP contribution < -0.4 is 5.73 Å². The quantitative estimate of drug-likeness (QED) is 0.571. The molecule has 1 nitrogen and oxygen atoms in total. The molecule has 0 radical (unpaired) electrons. The number of thioether (sulfide) groups is 1. The zero-order valence-electron chi connectivity index (χ0n) is 4.63. The summed E-state index contributed by atoms with van der Waals surface area (Å²) in [6.45, 7) is 0.706. The molecule has 0 spiro atoms. The van der Waals surface area contributed by atoms with E-state index in [1.165, 1.54) is 5.57 Å². The molecule has 0 amide bonds. The predicted octanol–water partition coefficient (Wildman–Crippen LogP) is 1.13. The van der Waals surface area contributed by atoms with Crippen molar-refractivity contribution in [2.75, 3.05) is 12.3 Å². The monoisotopic (exact) mass is 127 g/mol. The highest BCUT2D eigenvalue weighted by Gasteiger charge is 1.94. The maximum absolute atomic E-state index is 5.39. The molecule has 0 saturated heterocycles. The Morgan fingerprint density at radius 2 is 2.62 bits per heavy atom. The standard InChI is InChI=1S/C6H9NS/c7-4-6-2-1-3-8-5-6/h1-3H,4-5,7H2. The van der Waals surface area contributed by atoms with Gasteiger partial charge in [0.2, 0.25) is 0 Å². The molecule has 1 rings (SSSR count). The lowest BCUT2D eigenvalue weighted by atomic mass is 10.3. The van der Waals surface area contributed by atoms with Crippen LogP contribution in [0.5, 0.6) is 0 Å². The summed E-state index contributed by atoms with van der Waals surface area (Å²) in [4.78, 5) is 0. The van der Waals surface area contributed by atoms with Gasteiger partial charge in [-0.15, -0.1) is 11.8 Å². The van der Waals surface area contributed by atoms with Crippen molar-refractivity contribution in [3.8, 4) is 0 Å². The molecule has 0 saturated carbocycles. The van der Waals surface area contributed by atoms with E-state index in [0.717, 1.165) is 5.75 Å². The summed E-state index contributed by atoms with van der Waals surface area (Å²) in [6.07, 6.45) is 4.12. The zero-order chi connectivity index (χ0) is 5.82. The first-order valence-electron chi connectivity index (χ1n) is 2.60. The van der Waals surface area contributed by atoms with Crippen LogP contribution in [0.25, 0.3) is 0 Å². The summed E-state index contributed by atoms with van der Waals surface area (Å²) >= 11 is 1.80. The lowest BCUT2D eigenvalue weighted by Crippen LogP contribution is -2.05. The number of nitrogens with two attached hydrogens (primary N) is 1. The number of rotatable bonds is 1. The first kappa shape index (κ1) is 5.92. The fourth-order valence-electron chi connectivity index (χ4n) is 0.561. The Hall–Kier alpha value is -0.210. The molecule has 0 bridgehead atoms. The molecular weight excluding hydrogens is 118 g/mol. The number of hydrogen-bond donors (Lipinski definition) is 1. The number of hydrogen-bond acceptors (Lipinski definition) is 2. The van der Waals surface area contributed by atoms with Gasteiger partial charge in [0.25, 0.3) is 0 Å². The van der Waals surface area contributed by atoms with Crippen LogP contribution in [-0.4, -0.2) is 12.3 Å². The highest BCUT2D eigenvalue weighted by atomic mass is 32.2. The molecule has 0 aromatic carbocycles. The first-order valence-corrected chi connectivity index (χ1v) is 3.64. The topological polar surface area (TPSA) is 26.0 Å². The van der Waals surface area contributed by atoms with E-state index in [1.54, 1.807) is 11.8 Å². The zero-order valence-corrected chi connectivity index (χ0v) is 5.45. The maximum atomic E-state index is 5.39. The van der Waals surface area contributed by atoms with Crippen molar-refractivity contribution in [2.45, 2.75) is 0 Å². The molecule has 2 N–H and O–H groups in total. The van der Waals surface area contributed by atoms with E-state index >= 15 is 0 Å². The second kappa shape index (κ2) is 2.95. The van der Waals surface area contributed by atoms with Crippen molar-refractivity contribution < 1.29 is 0 Å². The van der Waals surface area contributed by atoms with Crippen LogP contribution in [0.1, 0.15) is 0 Å². The van der Waals surface area contributed by atoms with Gasteiger partial charge in [0.1, 0.15) is 0 Å². The third kappa shape index (κ3) is 1.39. The molecular formula is C6H9NS. The Labute approximate surface area is 53.6 Å². The molecule has 0 aromatic heterocycles. The molecule has 1 aliphatic heterocycles. The van der Waals surface area contributed by atoms with Gasteiger partial charge in [0.05, 0.1) is 0 Å². The van der Waals surface area contributed by atoms with Gasteiger partial charge in [-0.05, 0) is 11.0 Å². The number of allylic oxidation sites excluding steroid dienone is 2. The molecule has 8 heavy (non-hydrogen) atoms. The predicted molar refractivity (Wildman–Crippen MR) is 38.7 cm³/mol. The van der Waals surface area contributed by atoms with Crippen LogP contribution in [0.15, 0.2) is 23.1 Å². The highest BCUT2D eigenvalue weighted by Crippen LogP contribution is 2.13. The largest absolute Gasteiger partial charge is 0.327 e. The van der Waals surface area contributed by atoms with Gasteiger partial charge < -0.3 is 5.73 Å². The van der Waals surface area contributed by atoms with Crippen LogP contribution >= 0.6 is 11.8 Å². The van der Waals surface area contributed by atoms with E-state index in [0.29, 0.717) is 6.54 Å². The molecule has 0 aliphatic carbocycles. The molecule has 1 heterocycles. The Morgan fingerprint density at radius 1 is 1.75 bits per heavy atom. The molecule has 0 fully saturated rings. The van der Waals surface area contributed by atoms with Gasteiger partial charge >= 0.3 is 0 Å². The minimum absolute atomic E-state index is 0.706. The Morgan fingerprint density at radius 3 is 3.00 bits per heavy atom. The molecule has 44 valence electrons. The first-order chi connectivity index (χ1) is 3.93. The van der Waals surface area contributed by atoms with E-state index < -0.39 is 0 Å². The fraction of sp³-hybridized carbons (Fsp3) is 0.333. The van der Waals surface area contributed by atoms with Gasteiger partial charge in [0, 0.05) is 12.3 Å². The molecule has 0 aromatic rings. The Balaban J connectivity index is 2.50.